The van der Waals surface area contributed by atoms with E-state index >= 15 is 0 Å². The van der Waals surface area contributed by atoms with Crippen LogP contribution < -0.4 is 0 Å². The van der Waals surface area contributed by atoms with Crippen LogP contribution in [-0.2, 0) is 61.7 Å². The molecule has 0 fully saturated rings. The van der Waals surface area contributed by atoms with Gasteiger partial charge in [0.25, 0.3) is 0 Å². The molecule has 0 rings (SSSR count). The molecule has 0 aliphatic rings. The van der Waals surface area contributed by atoms with E-state index in [2.05, 4.69) is 6.58 Å². The lowest BCUT2D eigenvalue weighted by molar-refractivity contribution is -0.141. The van der Waals surface area contributed by atoms with Gasteiger partial charge >= 0.3 is 41.9 Å². The summed E-state index contributed by atoms with van der Waals surface area (Å²) >= 11 is 0. The first-order valence-electron chi connectivity index (χ1n) is 9.42. The van der Waals surface area contributed by atoms with Gasteiger partial charge in [-0.1, -0.05) is 6.58 Å². The molecule has 33 heavy (non-hydrogen) atoms. The monoisotopic (exact) mass is 552 g/mol. The number of rotatable bonds is 19. The van der Waals surface area contributed by atoms with Gasteiger partial charge in [0.1, 0.15) is 6.10 Å². The van der Waals surface area contributed by atoms with Crippen molar-refractivity contribution in [2.24, 2.45) is 0 Å². The summed E-state index contributed by atoms with van der Waals surface area (Å²) in [7, 11) is -4.05. The van der Waals surface area contributed by atoms with Gasteiger partial charge in [-0.3, -0.25) is 0 Å². The number of hydrogen-bond acceptors (Lipinski definition) is 14. The Morgan fingerprint density at radius 1 is 0.667 bits per heavy atom. The van der Waals surface area contributed by atoms with E-state index in [0.29, 0.717) is 0 Å². The molecule has 0 N–H and O–H groups in total. The first-order chi connectivity index (χ1) is 15.5. The Labute approximate surface area is 199 Å². The van der Waals surface area contributed by atoms with Crippen LogP contribution in [-0.4, -0.2) is 112 Å². The van der Waals surface area contributed by atoms with Gasteiger partial charge in [-0.05, 0) is 6.92 Å². The molecular formula is C15H36O14Si4. The van der Waals surface area contributed by atoms with Gasteiger partial charge in [0.2, 0.25) is 0 Å². The van der Waals surface area contributed by atoms with Crippen LogP contribution in [0, 0.1) is 0 Å². The lowest BCUT2D eigenvalue weighted by Gasteiger charge is -2.41. The zero-order chi connectivity index (χ0) is 25.8. The SMILES string of the molecule is C=CC(=O)OC(C)C[Si](O[Si](OC)(OC)OC)(O[Si](OC)(OC)OC)O[Si](OC)(OC)OC. The van der Waals surface area contributed by atoms with Crippen LogP contribution >= 0.6 is 0 Å². The Bertz CT molecular complexity index is 505. The highest BCUT2D eigenvalue weighted by atomic mass is 28.5. The minimum absolute atomic E-state index is 0.187. The van der Waals surface area contributed by atoms with E-state index in [1.807, 2.05) is 0 Å². The van der Waals surface area contributed by atoms with E-state index in [1.165, 1.54) is 64.0 Å². The molecule has 0 amide bonds. The van der Waals surface area contributed by atoms with Gasteiger partial charge in [-0.25, -0.2) is 4.79 Å². The van der Waals surface area contributed by atoms with Gasteiger partial charge in [0, 0.05) is 70.1 Å². The summed E-state index contributed by atoms with van der Waals surface area (Å²) in [6, 6.07) is -0.187. The van der Waals surface area contributed by atoms with Crippen LogP contribution in [0.5, 0.6) is 0 Å². The quantitative estimate of drug-likeness (QED) is 0.123. The van der Waals surface area contributed by atoms with Gasteiger partial charge < -0.3 is 56.9 Å². The third-order valence-electron chi connectivity index (χ3n) is 4.11. The molecule has 0 aliphatic carbocycles. The van der Waals surface area contributed by atoms with Gasteiger partial charge in [-0.15, -0.1) is 0 Å². The van der Waals surface area contributed by atoms with Crippen LogP contribution in [0.25, 0.3) is 0 Å². The standard InChI is InChI=1S/C15H36O14Si4/c1-12-15(16)26-14(2)13-30(27-31(17-3,18-4)19-5,28-32(20-6,21-7)22-8)29-33(23-9,24-10)25-11/h12,14H,1,13H2,2-11H3. The topological polar surface area (TPSA) is 137 Å². The number of ether oxygens (including phenoxy) is 1. The van der Waals surface area contributed by atoms with Crippen molar-refractivity contribution in [2.45, 2.75) is 19.1 Å². The Kier molecular flexibility index (Phi) is 14.7. The largest absolute Gasteiger partial charge is 0.671 e. The molecule has 0 aliphatic heterocycles. The van der Waals surface area contributed by atoms with Crippen LogP contribution in [0.15, 0.2) is 12.7 Å². The average molecular weight is 553 g/mol. The summed E-state index contributed by atoms with van der Waals surface area (Å²) in [5.74, 6) is -0.679. The molecule has 0 aromatic rings. The van der Waals surface area contributed by atoms with E-state index in [-0.39, 0.29) is 6.04 Å². The highest BCUT2D eigenvalue weighted by molar-refractivity contribution is 6.82. The summed E-state index contributed by atoms with van der Waals surface area (Å²) in [6.45, 7) is 4.97. The molecule has 0 saturated carbocycles. The molecule has 1 atom stereocenters. The third kappa shape index (κ3) is 8.95. The van der Waals surface area contributed by atoms with Crippen LogP contribution in [0.3, 0.4) is 0 Å². The Morgan fingerprint density at radius 2 is 0.939 bits per heavy atom. The third-order valence-corrected chi connectivity index (χ3v) is 16.4. The molecule has 14 nitrogen and oxygen atoms in total. The Balaban J connectivity index is 6.81. The first-order valence-corrected chi connectivity index (χ1v) is 16.2. The summed E-state index contributed by atoms with van der Waals surface area (Å²) in [5, 5.41) is 0. The van der Waals surface area contributed by atoms with Crippen LogP contribution in [0.4, 0.5) is 0 Å². The fraction of sp³-hybridized carbons (Fsp3) is 0.800. The average Bonchev–Trinajstić information content (AvgIpc) is 2.84. The summed E-state index contributed by atoms with van der Waals surface area (Å²) in [5.41, 5.74) is 0. The molecule has 0 aromatic heterocycles. The smallest absolute Gasteiger partial charge is 0.460 e. The van der Waals surface area contributed by atoms with Gasteiger partial charge in [0.05, 0.1) is 6.04 Å². The Hall–Kier alpha value is -0.402. The zero-order valence-corrected chi connectivity index (χ0v) is 24.8. The molecule has 0 aromatic carbocycles. The van der Waals surface area contributed by atoms with E-state index in [9.17, 15) is 4.79 Å². The molecule has 196 valence electrons. The molecule has 1 unspecified atom stereocenters. The summed E-state index contributed by atoms with van der Waals surface area (Å²) in [6.07, 6.45) is 0.173. The van der Waals surface area contributed by atoms with Crippen LogP contribution in [0.2, 0.25) is 6.04 Å². The molecule has 0 spiro atoms. The van der Waals surface area contributed by atoms with Crippen molar-refractivity contribution in [1.82, 2.24) is 0 Å². The van der Waals surface area contributed by atoms with Crippen molar-refractivity contribution in [1.29, 1.82) is 0 Å². The van der Waals surface area contributed by atoms with Crippen molar-refractivity contribution < 1.29 is 61.7 Å². The summed E-state index contributed by atoms with van der Waals surface area (Å²) < 4.78 is 72.7. The lowest BCUT2D eigenvalue weighted by Crippen LogP contribution is -2.69. The highest BCUT2D eigenvalue weighted by Gasteiger charge is 2.66. The van der Waals surface area contributed by atoms with Crippen molar-refractivity contribution in [2.75, 3.05) is 64.0 Å². The van der Waals surface area contributed by atoms with Gasteiger partial charge in [0.15, 0.2) is 0 Å². The number of carbonyl (C=O) groups is 1. The molecule has 18 heteroatoms. The minimum Gasteiger partial charge on any atom is -0.460 e. The maximum Gasteiger partial charge on any atom is 0.671 e. The molecular weight excluding hydrogens is 516 g/mol. The summed E-state index contributed by atoms with van der Waals surface area (Å²) in [4.78, 5) is 11.8. The second-order valence-corrected chi connectivity index (χ2v) is 16.9. The number of esters is 1. The molecule has 0 heterocycles. The van der Waals surface area contributed by atoms with Crippen molar-refractivity contribution in [3.63, 3.8) is 0 Å². The minimum atomic E-state index is -4.28. The predicted molar refractivity (Wildman–Crippen MR) is 120 cm³/mol. The zero-order valence-electron chi connectivity index (χ0n) is 20.8. The van der Waals surface area contributed by atoms with Crippen molar-refractivity contribution >= 4 is 41.9 Å². The van der Waals surface area contributed by atoms with E-state index < -0.39 is 48.0 Å². The Morgan fingerprint density at radius 3 is 1.15 bits per heavy atom. The van der Waals surface area contributed by atoms with Crippen molar-refractivity contribution in [3.05, 3.63) is 12.7 Å². The number of hydrogen-bond donors (Lipinski definition) is 0. The fourth-order valence-corrected chi connectivity index (χ4v) is 15.0. The van der Waals surface area contributed by atoms with Crippen LogP contribution in [0.1, 0.15) is 6.92 Å². The lowest BCUT2D eigenvalue weighted by atomic mass is 10.5. The molecule has 0 saturated heterocycles. The van der Waals surface area contributed by atoms with E-state index in [4.69, 9.17) is 56.9 Å². The number of carbonyl (C=O) groups excluding carboxylic acids is 1. The fourth-order valence-electron chi connectivity index (χ4n) is 2.52. The second-order valence-electron chi connectivity index (χ2n) is 5.98. The maximum atomic E-state index is 11.8. The van der Waals surface area contributed by atoms with E-state index in [1.54, 1.807) is 6.92 Å². The normalized spacial score (nSPS) is 14.2. The van der Waals surface area contributed by atoms with E-state index in [0.717, 1.165) is 6.08 Å². The van der Waals surface area contributed by atoms with Gasteiger partial charge in [-0.2, -0.15) is 0 Å². The highest BCUT2D eigenvalue weighted by Crippen LogP contribution is 2.32. The molecule has 0 radical (unpaired) electrons. The first kappa shape index (κ1) is 32.6. The maximum absolute atomic E-state index is 11.8. The van der Waals surface area contributed by atoms with Crippen molar-refractivity contribution in [3.8, 4) is 0 Å². The molecule has 0 bridgehead atoms. The predicted octanol–water partition coefficient (Wildman–Crippen LogP) is 0.217. The second kappa shape index (κ2) is 14.9.